The van der Waals surface area contributed by atoms with Gasteiger partial charge in [0, 0.05) is 17.5 Å². The molecule has 1 amide bonds. The van der Waals surface area contributed by atoms with Gasteiger partial charge >= 0.3 is 0 Å². The highest BCUT2D eigenvalue weighted by Gasteiger charge is 2.08. The molecular weight excluding hydrogens is 292 g/mol. The van der Waals surface area contributed by atoms with E-state index < -0.39 is 0 Å². The van der Waals surface area contributed by atoms with Crippen molar-refractivity contribution in [3.05, 3.63) is 78.3 Å². The second-order valence-electron chi connectivity index (χ2n) is 4.80. The van der Waals surface area contributed by atoms with Crippen LogP contribution in [0.4, 0.5) is 11.4 Å². The van der Waals surface area contributed by atoms with Gasteiger partial charge in [-0.3, -0.25) is 9.79 Å². The Labute approximate surface area is 132 Å². The first-order valence-corrected chi connectivity index (χ1v) is 6.99. The number of amides is 1. The quantitative estimate of drug-likeness (QED) is 0.716. The lowest BCUT2D eigenvalue weighted by atomic mass is 10.2. The molecule has 5 nitrogen and oxygen atoms in total. The van der Waals surface area contributed by atoms with Crippen LogP contribution in [0.2, 0.25) is 0 Å². The number of nitrogens with one attached hydrogen (secondary N) is 1. The van der Waals surface area contributed by atoms with Gasteiger partial charge < -0.3 is 14.8 Å². The minimum atomic E-state index is -0.322. The van der Waals surface area contributed by atoms with Crippen molar-refractivity contribution in [2.45, 2.75) is 0 Å². The lowest BCUT2D eigenvalue weighted by Crippen LogP contribution is -2.10. The van der Waals surface area contributed by atoms with Crippen molar-refractivity contribution in [3.63, 3.8) is 0 Å². The molecule has 0 unspecified atom stereocenters. The van der Waals surface area contributed by atoms with Gasteiger partial charge in [-0.25, -0.2) is 0 Å². The average molecular weight is 306 g/mol. The highest BCUT2D eigenvalue weighted by molar-refractivity contribution is 6.02. The third-order valence-corrected chi connectivity index (χ3v) is 3.14. The van der Waals surface area contributed by atoms with Crippen molar-refractivity contribution in [2.24, 2.45) is 4.99 Å². The summed E-state index contributed by atoms with van der Waals surface area (Å²) in [5.74, 6) is 0.0865. The SMILES string of the molecule is O=C(Nc1cccc(N=Cc2ccccc2O)c1)c1ccco1. The second kappa shape index (κ2) is 6.62. The maximum absolute atomic E-state index is 11.9. The fourth-order valence-corrected chi connectivity index (χ4v) is 2.01. The van der Waals surface area contributed by atoms with Gasteiger partial charge in [-0.15, -0.1) is 0 Å². The lowest BCUT2D eigenvalue weighted by molar-refractivity contribution is 0.0996. The Morgan fingerprint density at radius 2 is 1.96 bits per heavy atom. The zero-order valence-corrected chi connectivity index (χ0v) is 12.1. The average Bonchev–Trinajstić information content (AvgIpc) is 3.09. The van der Waals surface area contributed by atoms with E-state index in [0.29, 0.717) is 16.9 Å². The van der Waals surface area contributed by atoms with E-state index in [2.05, 4.69) is 10.3 Å². The maximum Gasteiger partial charge on any atom is 0.291 e. The largest absolute Gasteiger partial charge is 0.507 e. The summed E-state index contributed by atoms with van der Waals surface area (Å²) in [6, 6.07) is 17.3. The van der Waals surface area contributed by atoms with Gasteiger partial charge in [0.2, 0.25) is 0 Å². The number of hydrogen-bond acceptors (Lipinski definition) is 4. The maximum atomic E-state index is 11.9. The van der Waals surface area contributed by atoms with Crippen LogP contribution in [-0.4, -0.2) is 17.2 Å². The van der Waals surface area contributed by atoms with Gasteiger partial charge in [0.15, 0.2) is 5.76 Å². The molecule has 23 heavy (non-hydrogen) atoms. The van der Waals surface area contributed by atoms with E-state index in [0.717, 1.165) is 0 Å². The molecule has 0 aliphatic carbocycles. The van der Waals surface area contributed by atoms with Crippen LogP contribution >= 0.6 is 0 Å². The van der Waals surface area contributed by atoms with Crippen LogP contribution in [0.3, 0.4) is 0 Å². The van der Waals surface area contributed by atoms with E-state index in [-0.39, 0.29) is 17.4 Å². The number of furan rings is 1. The Hall–Kier alpha value is -3.34. The number of aromatic hydroxyl groups is 1. The number of rotatable bonds is 4. The summed E-state index contributed by atoms with van der Waals surface area (Å²) in [6.07, 6.45) is 3.02. The van der Waals surface area contributed by atoms with Crippen molar-refractivity contribution in [1.29, 1.82) is 0 Å². The molecule has 3 rings (SSSR count). The van der Waals surface area contributed by atoms with Gasteiger partial charge in [-0.1, -0.05) is 18.2 Å². The predicted octanol–water partition coefficient (Wildman–Crippen LogP) is 3.99. The van der Waals surface area contributed by atoms with Gasteiger partial charge in [0.1, 0.15) is 5.75 Å². The molecule has 0 aliphatic rings. The van der Waals surface area contributed by atoms with E-state index >= 15 is 0 Å². The molecule has 0 aliphatic heterocycles. The summed E-state index contributed by atoms with van der Waals surface area (Å²) in [4.78, 5) is 16.2. The Balaban J connectivity index is 1.75. The number of anilines is 1. The molecule has 5 heteroatoms. The summed E-state index contributed by atoms with van der Waals surface area (Å²) in [5, 5.41) is 12.4. The van der Waals surface area contributed by atoms with Crippen molar-refractivity contribution in [2.75, 3.05) is 5.32 Å². The Morgan fingerprint density at radius 1 is 1.09 bits per heavy atom. The van der Waals surface area contributed by atoms with Crippen LogP contribution in [-0.2, 0) is 0 Å². The molecule has 0 saturated carbocycles. The molecule has 0 saturated heterocycles. The number of benzene rings is 2. The molecule has 114 valence electrons. The number of hydrogen-bond donors (Lipinski definition) is 2. The van der Waals surface area contributed by atoms with E-state index in [1.165, 1.54) is 6.26 Å². The second-order valence-corrected chi connectivity index (χ2v) is 4.80. The minimum absolute atomic E-state index is 0.165. The van der Waals surface area contributed by atoms with Gasteiger partial charge in [0.05, 0.1) is 12.0 Å². The number of carbonyl (C=O) groups excluding carboxylic acids is 1. The summed E-state index contributed by atoms with van der Waals surface area (Å²) in [7, 11) is 0. The molecule has 2 aromatic carbocycles. The highest BCUT2D eigenvalue weighted by Crippen LogP contribution is 2.20. The zero-order valence-electron chi connectivity index (χ0n) is 12.1. The summed E-state index contributed by atoms with van der Waals surface area (Å²) in [5.41, 5.74) is 1.89. The number of nitrogens with zero attached hydrogens (tertiary/aromatic N) is 1. The zero-order chi connectivity index (χ0) is 16.1. The predicted molar refractivity (Wildman–Crippen MR) is 88.5 cm³/mol. The standard InChI is InChI=1S/C18H14N2O3/c21-16-8-2-1-5-13(16)12-19-14-6-3-7-15(11-14)20-18(22)17-9-4-10-23-17/h1-12,21H,(H,20,22). The van der Waals surface area contributed by atoms with Crippen LogP contribution in [0.25, 0.3) is 0 Å². The van der Waals surface area contributed by atoms with E-state index in [1.54, 1.807) is 60.8 Å². The number of aliphatic imine (C=N–C) groups is 1. The molecule has 0 atom stereocenters. The Bertz CT molecular complexity index is 839. The summed E-state index contributed by atoms with van der Waals surface area (Å²) < 4.78 is 5.05. The van der Waals surface area contributed by atoms with Crippen molar-refractivity contribution < 1.29 is 14.3 Å². The van der Waals surface area contributed by atoms with Gasteiger partial charge in [-0.2, -0.15) is 0 Å². The first kappa shape index (κ1) is 14.6. The molecule has 1 aromatic heterocycles. The van der Waals surface area contributed by atoms with Crippen LogP contribution in [0.1, 0.15) is 16.1 Å². The number of phenolic OH excluding ortho intramolecular Hbond substituents is 1. The molecule has 0 fully saturated rings. The normalized spacial score (nSPS) is 10.8. The molecule has 3 aromatic rings. The topological polar surface area (TPSA) is 74.8 Å². The summed E-state index contributed by atoms with van der Waals surface area (Å²) >= 11 is 0. The van der Waals surface area contributed by atoms with E-state index in [1.807, 2.05) is 6.07 Å². The first-order chi connectivity index (χ1) is 11.2. The molecule has 1 heterocycles. The molecule has 2 N–H and O–H groups in total. The molecule has 0 radical (unpaired) electrons. The van der Waals surface area contributed by atoms with E-state index in [4.69, 9.17) is 4.42 Å². The lowest BCUT2D eigenvalue weighted by Gasteiger charge is -2.04. The minimum Gasteiger partial charge on any atom is -0.507 e. The highest BCUT2D eigenvalue weighted by atomic mass is 16.3. The number of para-hydroxylation sites is 1. The fourth-order valence-electron chi connectivity index (χ4n) is 2.01. The molecular formula is C18H14N2O3. The summed E-state index contributed by atoms with van der Waals surface area (Å²) in [6.45, 7) is 0. The van der Waals surface area contributed by atoms with Crippen molar-refractivity contribution in [3.8, 4) is 5.75 Å². The number of phenols is 1. The van der Waals surface area contributed by atoms with Crippen molar-refractivity contribution in [1.82, 2.24) is 0 Å². The third-order valence-electron chi connectivity index (χ3n) is 3.14. The van der Waals surface area contributed by atoms with Crippen LogP contribution < -0.4 is 5.32 Å². The smallest absolute Gasteiger partial charge is 0.291 e. The van der Waals surface area contributed by atoms with Crippen LogP contribution in [0.15, 0.2) is 76.3 Å². The number of carbonyl (C=O) groups is 1. The third kappa shape index (κ3) is 3.65. The van der Waals surface area contributed by atoms with Gasteiger partial charge in [0.25, 0.3) is 5.91 Å². The monoisotopic (exact) mass is 306 g/mol. The van der Waals surface area contributed by atoms with Crippen molar-refractivity contribution >= 4 is 23.5 Å². The fraction of sp³-hybridized carbons (Fsp3) is 0. The Morgan fingerprint density at radius 3 is 2.74 bits per heavy atom. The van der Waals surface area contributed by atoms with Crippen LogP contribution in [0.5, 0.6) is 5.75 Å². The van der Waals surface area contributed by atoms with Crippen LogP contribution in [0, 0.1) is 0 Å². The molecule has 0 spiro atoms. The van der Waals surface area contributed by atoms with E-state index in [9.17, 15) is 9.90 Å². The van der Waals surface area contributed by atoms with Gasteiger partial charge in [-0.05, 0) is 42.5 Å². The Kier molecular flexibility index (Phi) is 4.20. The first-order valence-electron chi connectivity index (χ1n) is 6.99. The molecule has 0 bridgehead atoms.